The Morgan fingerprint density at radius 1 is 1.30 bits per heavy atom. The van der Waals surface area contributed by atoms with E-state index in [1.165, 1.54) is 23.4 Å². The van der Waals surface area contributed by atoms with Crippen molar-refractivity contribution in [2.45, 2.75) is 44.4 Å². The number of anilines is 1. The zero-order valence-electron chi connectivity index (χ0n) is 19.6. The molecule has 37 heavy (non-hydrogen) atoms. The predicted molar refractivity (Wildman–Crippen MR) is 126 cm³/mol. The molecule has 0 unspecified atom stereocenters. The van der Waals surface area contributed by atoms with Crippen LogP contribution in [0.5, 0.6) is 0 Å². The molecule has 0 amide bonds. The van der Waals surface area contributed by atoms with Crippen LogP contribution >= 0.6 is 7.60 Å². The van der Waals surface area contributed by atoms with Crippen LogP contribution in [0.1, 0.15) is 18.2 Å². The quantitative estimate of drug-likeness (QED) is 0.143. The molecule has 4 rings (SSSR count). The summed E-state index contributed by atoms with van der Waals surface area (Å²) in [6.07, 6.45) is 0.584. The highest BCUT2D eigenvalue weighted by Crippen LogP contribution is 2.34. The molecule has 1 aliphatic heterocycles. The first-order valence-corrected chi connectivity index (χ1v) is 12.7. The third-order valence-electron chi connectivity index (χ3n) is 5.35. The molecule has 0 saturated carbocycles. The van der Waals surface area contributed by atoms with Gasteiger partial charge in [-0.15, -0.1) is 0 Å². The number of fused-ring (bicyclic) bond motifs is 1. The second-order valence-electron chi connectivity index (χ2n) is 8.19. The normalized spacial score (nSPS) is 20.5. The Kier molecular flexibility index (Phi) is 9.27. The van der Waals surface area contributed by atoms with Crippen LogP contribution in [-0.4, -0.2) is 92.1 Å². The number of aromatic amines is 1. The number of aryl methyl sites for hydroxylation is 1. The van der Waals surface area contributed by atoms with Gasteiger partial charge in [-0.2, -0.15) is 0 Å². The monoisotopic (exact) mass is 545 g/mol. The summed E-state index contributed by atoms with van der Waals surface area (Å²) in [4.78, 5) is 54.3. The van der Waals surface area contributed by atoms with E-state index in [9.17, 15) is 24.4 Å². The molecule has 18 heteroatoms. The molecule has 3 aromatic rings. The summed E-state index contributed by atoms with van der Waals surface area (Å²) in [6.45, 7) is 0.988. The smallest absolute Gasteiger partial charge is 0.350 e. The van der Waals surface area contributed by atoms with Crippen LogP contribution < -0.4 is 17.0 Å². The van der Waals surface area contributed by atoms with Crippen molar-refractivity contribution in [2.75, 3.05) is 25.3 Å². The molecule has 0 bridgehead atoms. The fourth-order valence-corrected chi connectivity index (χ4v) is 3.87. The maximum atomic E-state index is 11.6. The largest absolute Gasteiger partial charge is 0.394 e. The number of nitrogens with two attached hydrogens (primary N) is 1. The first kappa shape index (κ1) is 28.5. The van der Waals surface area contributed by atoms with E-state index in [2.05, 4.69) is 19.9 Å². The highest BCUT2D eigenvalue weighted by molar-refractivity contribution is 7.51. The van der Waals surface area contributed by atoms with Crippen molar-refractivity contribution in [2.24, 2.45) is 0 Å². The van der Waals surface area contributed by atoms with Crippen LogP contribution in [0.2, 0.25) is 0 Å². The summed E-state index contributed by atoms with van der Waals surface area (Å²) >= 11 is 0. The summed E-state index contributed by atoms with van der Waals surface area (Å²) in [5.74, 6) is 0.227. The Bertz CT molecular complexity index is 1370. The van der Waals surface area contributed by atoms with E-state index in [0.29, 0.717) is 16.7 Å². The minimum atomic E-state index is -4.28. The topological polar surface area (TPSA) is 261 Å². The second kappa shape index (κ2) is 12.0. The fraction of sp³-hybridized carbons (Fsp3) is 0.526. The lowest BCUT2D eigenvalue weighted by Gasteiger charge is -2.16. The van der Waals surface area contributed by atoms with E-state index < -0.39 is 56.3 Å². The average molecular weight is 545 g/mol. The summed E-state index contributed by atoms with van der Waals surface area (Å²) in [5, 5.41) is 27.7. The van der Waals surface area contributed by atoms with Gasteiger partial charge in [-0.05, 0) is 6.92 Å². The molecule has 8 N–H and O–H groups in total. The van der Waals surface area contributed by atoms with E-state index in [4.69, 9.17) is 30.1 Å². The number of aliphatic hydroxyl groups is 3. The molecular formula is C19H28N7O10P. The number of rotatable bonds is 8. The fourth-order valence-electron chi connectivity index (χ4n) is 3.47. The van der Waals surface area contributed by atoms with Crippen molar-refractivity contribution in [3.63, 3.8) is 0 Å². The third kappa shape index (κ3) is 7.27. The standard InChI is InChI=1S/C10H14N2O5.C9H14N5O5P/c1-5-3-12(10(16)11-9(5)15)8-2-6(14)7(4-13)17-8;10-8-7-9(12-3-11-8)14(4-13-7)1-6(2-15)19-5-20(16,17)18/h3,6-8,13-14H,2,4H2,1H3,(H,11,15,16);3-4,6,15H,1-2,5H2,(H2,10,11,12)(H2,16,17,18)/t6-,7+,8+;6-/m00/s1. The van der Waals surface area contributed by atoms with Gasteiger partial charge in [0.2, 0.25) is 0 Å². The molecule has 3 aromatic heterocycles. The number of nitrogens with zero attached hydrogens (tertiary/aromatic N) is 5. The summed E-state index contributed by atoms with van der Waals surface area (Å²) in [5.41, 5.74) is 5.86. The molecule has 0 radical (unpaired) electrons. The number of nitrogens with one attached hydrogen (secondary N) is 1. The second-order valence-corrected chi connectivity index (χ2v) is 9.77. The lowest BCUT2D eigenvalue weighted by atomic mass is 10.2. The van der Waals surface area contributed by atoms with Gasteiger partial charge < -0.3 is 44.9 Å². The summed E-state index contributed by atoms with van der Waals surface area (Å²) in [7, 11) is -4.28. The minimum Gasteiger partial charge on any atom is -0.394 e. The molecule has 0 spiro atoms. The first-order chi connectivity index (χ1) is 17.4. The Morgan fingerprint density at radius 2 is 2.03 bits per heavy atom. The Labute approximate surface area is 208 Å². The highest BCUT2D eigenvalue weighted by atomic mass is 31.2. The van der Waals surface area contributed by atoms with Gasteiger partial charge in [0.25, 0.3) is 5.56 Å². The summed E-state index contributed by atoms with van der Waals surface area (Å²) in [6, 6.07) is 0. The number of nitrogen functional groups attached to an aromatic ring is 1. The minimum absolute atomic E-state index is 0.128. The zero-order chi connectivity index (χ0) is 27.3. The molecule has 4 atom stereocenters. The molecule has 0 aliphatic carbocycles. The number of aliphatic hydroxyl groups excluding tert-OH is 3. The van der Waals surface area contributed by atoms with Crippen molar-refractivity contribution < 1.29 is 39.1 Å². The van der Waals surface area contributed by atoms with Gasteiger partial charge in [-0.25, -0.2) is 19.7 Å². The average Bonchev–Trinajstić information content (AvgIpc) is 3.42. The van der Waals surface area contributed by atoms with Crippen molar-refractivity contribution >= 4 is 24.6 Å². The SMILES string of the molecule is Cc1cn([C@H]2C[C@H](O)[C@@H](CO)O2)c(=O)[nH]c1=O.Nc1ncnc2c1ncn2C[C@@H](CO)OCP(=O)(O)O. The van der Waals surface area contributed by atoms with E-state index in [1.54, 1.807) is 11.5 Å². The molecule has 17 nitrogen and oxygen atoms in total. The molecule has 204 valence electrons. The molecule has 1 aliphatic rings. The number of hydrogen-bond acceptors (Lipinski definition) is 12. The molecule has 1 saturated heterocycles. The van der Waals surface area contributed by atoms with E-state index in [1.807, 2.05) is 0 Å². The van der Waals surface area contributed by atoms with Crippen LogP contribution in [0.4, 0.5) is 5.82 Å². The van der Waals surface area contributed by atoms with Gasteiger partial charge in [0.1, 0.15) is 30.5 Å². The summed E-state index contributed by atoms with van der Waals surface area (Å²) < 4.78 is 23.8. The van der Waals surface area contributed by atoms with Crippen LogP contribution in [0.15, 0.2) is 28.4 Å². The number of imidazole rings is 1. The van der Waals surface area contributed by atoms with Gasteiger partial charge in [0, 0.05) is 18.2 Å². The Hall–Kier alpha value is -3.02. The van der Waals surface area contributed by atoms with Crippen molar-refractivity contribution in [1.82, 2.24) is 29.1 Å². The molecule has 0 aromatic carbocycles. The van der Waals surface area contributed by atoms with Crippen LogP contribution in [0.25, 0.3) is 11.2 Å². The van der Waals surface area contributed by atoms with E-state index >= 15 is 0 Å². The number of ether oxygens (including phenoxy) is 2. The molecular weight excluding hydrogens is 517 g/mol. The first-order valence-electron chi connectivity index (χ1n) is 10.9. The van der Waals surface area contributed by atoms with Crippen LogP contribution in [-0.2, 0) is 20.6 Å². The van der Waals surface area contributed by atoms with Gasteiger partial charge in [-0.1, -0.05) is 0 Å². The van der Waals surface area contributed by atoms with Crippen LogP contribution in [0.3, 0.4) is 0 Å². The van der Waals surface area contributed by atoms with Crippen molar-refractivity contribution in [1.29, 1.82) is 0 Å². The zero-order valence-corrected chi connectivity index (χ0v) is 20.5. The van der Waals surface area contributed by atoms with E-state index in [0.717, 1.165) is 0 Å². The maximum absolute atomic E-state index is 11.6. The van der Waals surface area contributed by atoms with Gasteiger partial charge in [0.15, 0.2) is 11.5 Å². The van der Waals surface area contributed by atoms with Crippen molar-refractivity contribution in [3.05, 3.63) is 45.3 Å². The predicted octanol–water partition coefficient (Wildman–Crippen LogP) is -2.59. The number of aromatic nitrogens is 6. The van der Waals surface area contributed by atoms with Gasteiger partial charge in [-0.3, -0.25) is 18.9 Å². The molecule has 1 fully saturated rings. The lowest BCUT2D eigenvalue weighted by molar-refractivity contribution is -0.0459. The van der Waals surface area contributed by atoms with Crippen LogP contribution in [0, 0.1) is 6.92 Å². The van der Waals surface area contributed by atoms with E-state index in [-0.39, 0.29) is 25.4 Å². The Morgan fingerprint density at radius 3 is 2.65 bits per heavy atom. The molecule has 4 heterocycles. The number of H-pyrrole nitrogens is 1. The van der Waals surface area contributed by atoms with Gasteiger partial charge >= 0.3 is 13.3 Å². The van der Waals surface area contributed by atoms with Crippen molar-refractivity contribution in [3.8, 4) is 0 Å². The highest BCUT2D eigenvalue weighted by Gasteiger charge is 2.35. The maximum Gasteiger partial charge on any atom is 0.350 e. The Balaban J connectivity index is 0.000000208. The lowest BCUT2D eigenvalue weighted by Crippen LogP contribution is -2.33. The van der Waals surface area contributed by atoms with Gasteiger partial charge in [0.05, 0.1) is 38.3 Å². The third-order valence-corrected chi connectivity index (χ3v) is 5.84. The number of hydrogen-bond donors (Lipinski definition) is 7.